The quantitative estimate of drug-likeness (QED) is 0.617. The third kappa shape index (κ3) is 4.90. The molecule has 2 aliphatic heterocycles. The molecule has 0 bridgehead atoms. The zero-order valence-corrected chi connectivity index (χ0v) is 18.9. The van der Waals surface area contributed by atoms with Gasteiger partial charge >= 0.3 is 0 Å². The van der Waals surface area contributed by atoms with Crippen molar-refractivity contribution < 1.29 is 14.1 Å². The maximum Gasteiger partial charge on any atom is 0.261 e. The molecule has 2 saturated heterocycles. The van der Waals surface area contributed by atoms with Crippen LogP contribution in [0.2, 0.25) is 0 Å². The molecule has 1 amide bonds. The lowest BCUT2D eigenvalue weighted by Gasteiger charge is -2.33. The molecule has 2 aromatic heterocycles. The molecule has 0 spiro atoms. The van der Waals surface area contributed by atoms with Crippen LogP contribution < -0.4 is 10.2 Å². The highest BCUT2D eigenvalue weighted by molar-refractivity contribution is 5.79. The lowest BCUT2D eigenvalue weighted by molar-refractivity contribution is -0.126. The number of hydrogen-bond donors (Lipinski definition) is 1. The molecule has 3 aromatic rings. The van der Waals surface area contributed by atoms with Crippen molar-refractivity contribution in [2.24, 2.45) is 5.92 Å². The summed E-state index contributed by atoms with van der Waals surface area (Å²) in [6, 6.07) is 11.9. The second-order valence-corrected chi connectivity index (χ2v) is 8.81. The third-order valence-corrected chi connectivity index (χ3v) is 6.41. The van der Waals surface area contributed by atoms with Crippen LogP contribution in [0.3, 0.4) is 0 Å². The number of piperidine rings is 1. The second-order valence-electron chi connectivity index (χ2n) is 8.81. The van der Waals surface area contributed by atoms with Gasteiger partial charge in [0.1, 0.15) is 5.82 Å². The van der Waals surface area contributed by atoms with Crippen LogP contribution in [0.25, 0.3) is 22.8 Å². The highest BCUT2D eigenvalue weighted by Crippen LogP contribution is 2.32. The maximum atomic E-state index is 12.6. The van der Waals surface area contributed by atoms with Gasteiger partial charge in [-0.25, -0.2) is 4.98 Å². The van der Waals surface area contributed by atoms with Gasteiger partial charge in [-0.05, 0) is 50.8 Å². The van der Waals surface area contributed by atoms with Crippen molar-refractivity contribution in [1.29, 1.82) is 0 Å². The van der Waals surface area contributed by atoms with Gasteiger partial charge in [0.25, 0.3) is 5.89 Å². The van der Waals surface area contributed by atoms with Gasteiger partial charge in [0.2, 0.25) is 11.7 Å². The van der Waals surface area contributed by atoms with Crippen LogP contribution in [0.1, 0.15) is 31.2 Å². The number of rotatable bonds is 6. The Labute approximate surface area is 193 Å². The first kappa shape index (κ1) is 21.6. The van der Waals surface area contributed by atoms with Gasteiger partial charge in [0.05, 0.1) is 11.7 Å². The SMILES string of the molecule is Cc1cccc(-c2noc(-c3cccnc3N3CCC(C(=O)NC[C@H]4CCCO4)CC3)n2)c1. The lowest BCUT2D eigenvalue weighted by Crippen LogP contribution is -2.42. The van der Waals surface area contributed by atoms with Crippen molar-refractivity contribution in [3.63, 3.8) is 0 Å². The number of aromatic nitrogens is 3. The molecule has 0 aliphatic carbocycles. The fraction of sp³-hybridized carbons (Fsp3) is 0.440. The van der Waals surface area contributed by atoms with Crippen molar-refractivity contribution in [2.75, 3.05) is 31.1 Å². The number of pyridine rings is 1. The summed E-state index contributed by atoms with van der Waals surface area (Å²) in [4.78, 5) is 24.1. The van der Waals surface area contributed by atoms with Crippen molar-refractivity contribution in [2.45, 2.75) is 38.7 Å². The van der Waals surface area contributed by atoms with E-state index in [4.69, 9.17) is 9.26 Å². The molecule has 2 aliphatic rings. The largest absolute Gasteiger partial charge is 0.376 e. The number of carbonyl (C=O) groups is 1. The molecular weight excluding hydrogens is 418 g/mol. The number of benzene rings is 1. The smallest absolute Gasteiger partial charge is 0.261 e. The average molecular weight is 448 g/mol. The zero-order valence-electron chi connectivity index (χ0n) is 18.9. The molecule has 1 N–H and O–H groups in total. The van der Waals surface area contributed by atoms with Crippen LogP contribution in [0.4, 0.5) is 5.82 Å². The number of amides is 1. The summed E-state index contributed by atoms with van der Waals surface area (Å²) >= 11 is 0. The Bertz CT molecular complexity index is 1100. The van der Waals surface area contributed by atoms with Crippen molar-refractivity contribution in [1.82, 2.24) is 20.4 Å². The summed E-state index contributed by atoms with van der Waals surface area (Å²) in [7, 11) is 0. The summed E-state index contributed by atoms with van der Waals surface area (Å²) in [5.41, 5.74) is 2.87. The van der Waals surface area contributed by atoms with Gasteiger partial charge in [0.15, 0.2) is 0 Å². The molecule has 2 fully saturated rings. The fourth-order valence-electron chi connectivity index (χ4n) is 4.57. The number of carbonyl (C=O) groups excluding carboxylic acids is 1. The van der Waals surface area contributed by atoms with Gasteiger partial charge in [0, 0.05) is 43.9 Å². The highest BCUT2D eigenvalue weighted by atomic mass is 16.5. The Hall–Kier alpha value is -3.26. The molecule has 0 radical (unpaired) electrons. The minimum absolute atomic E-state index is 0.0196. The number of nitrogens with zero attached hydrogens (tertiary/aromatic N) is 4. The van der Waals surface area contributed by atoms with Gasteiger partial charge in [-0.15, -0.1) is 0 Å². The number of ether oxygens (including phenoxy) is 1. The Morgan fingerprint density at radius 3 is 2.85 bits per heavy atom. The Kier molecular flexibility index (Phi) is 6.35. The summed E-state index contributed by atoms with van der Waals surface area (Å²) in [5.74, 6) is 1.98. The van der Waals surface area contributed by atoms with Crippen LogP contribution >= 0.6 is 0 Å². The number of aryl methyl sites for hydroxylation is 1. The molecular formula is C25H29N5O3. The van der Waals surface area contributed by atoms with E-state index in [0.29, 0.717) is 18.3 Å². The molecule has 0 saturated carbocycles. The van der Waals surface area contributed by atoms with Crippen molar-refractivity contribution in [3.8, 4) is 22.8 Å². The van der Waals surface area contributed by atoms with E-state index in [-0.39, 0.29) is 17.9 Å². The molecule has 1 aromatic carbocycles. The van der Waals surface area contributed by atoms with Crippen molar-refractivity contribution >= 4 is 11.7 Å². The van der Waals surface area contributed by atoms with E-state index in [2.05, 4.69) is 25.3 Å². The lowest BCUT2D eigenvalue weighted by atomic mass is 9.95. The third-order valence-electron chi connectivity index (χ3n) is 6.41. The molecule has 1 atom stereocenters. The molecule has 0 unspecified atom stereocenters. The predicted octanol–water partition coefficient (Wildman–Crippen LogP) is 3.62. The normalized spacial score (nSPS) is 19.1. The summed E-state index contributed by atoms with van der Waals surface area (Å²) in [6.07, 6.45) is 5.62. The molecule has 5 rings (SSSR count). The van der Waals surface area contributed by atoms with E-state index in [9.17, 15) is 4.79 Å². The van der Waals surface area contributed by atoms with E-state index < -0.39 is 0 Å². The highest BCUT2D eigenvalue weighted by Gasteiger charge is 2.28. The molecule has 172 valence electrons. The van der Waals surface area contributed by atoms with Gasteiger partial charge in [-0.3, -0.25) is 4.79 Å². The van der Waals surface area contributed by atoms with Gasteiger partial charge < -0.3 is 19.5 Å². The monoisotopic (exact) mass is 447 g/mol. The molecule has 4 heterocycles. The maximum absolute atomic E-state index is 12.6. The first-order chi connectivity index (χ1) is 16.2. The Morgan fingerprint density at radius 2 is 2.06 bits per heavy atom. The van der Waals surface area contributed by atoms with E-state index in [0.717, 1.165) is 67.9 Å². The summed E-state index contributed by atoms with van der Waals surface area (Å²) < 4.78 is 11.2. The van der Waals surface area contributed by atoms with Crippen LogP contribution in [-0.2, 0) is 9.53 Å². The average Bonchev–Trinajstić information content (AvgIpc) is 3.55. The molecule has 8 heteroatoms. The topological polar surface area (TPSA) is 93.4 Å². The summed E-state index contributed by atoms with van der Waals surface area (Å²) in [5, 5.41) is 7.26. The van der Waals surface area contributed by atoms with Crippen LogP contribution in [-0.4, -0.2) is 53.4 Å². The zero-order chi connectivity index (χ0) is 22.6. The van der Waals surface area contributed by atoms with Crippen LogP contribution in [0, 0.1) is 12.8 Å². The first-order valence-corrected chi connectivity index (χ1v) is 11.7. The van der Waals surface area contributed by atoms with Crippen LogP contribution in [0.5, 0.6) is 0 Å². The van der Waals surface area contributed by atoms with E-state index in [1.165, 1.54) is 0 Å². The van der Waals surface area contributed by atoms with E-state index >= 15 is 0 Å². The van der Waals surface area contributed by atoms with Crippen LogP contribution in [0.15, 0.2) is 47.1 Å². The number of anilines is 1. The number of hydrogen-bond acceptors (Lipinski definition) is 7. The molecule has 33 heavy (non-hydrogen) atoms. The minimum atomic E-state index is 0.0196. The van der Waals surface area contributed by atoms with Gasteiger partial charge in [-0.1, -0.05) is 28.9 Å². The number of nitrogens with one attached hydrogen (secondary N) is 1. The Balaban J connectivity index is 1.25. The summed E-state index contributed by atoms with van der Waals surface area (Å²) in [6.45, 7) is 4.96. The first-order valence-electron chi connectivity index (χ1n) is 11.7. The Morgan fingerprint density at radius 1 is 1.18 bits per heavy atom. The fourth-order valence-corrected chi connectivity index (χ4v) is 4.57. The minimum Gasteiger partial charge on any atom is -0.376 e. The standard InChI is InChI=1S/C25H29N5O3/c1-17-5-2-6-19(15-17)22-28-25(33-29-22)21-8-3-11-26-23(21)30-12-9-18(10-13-30)24(31)27-16-20-7-4-14-32-20/h2-3,5-6,8,11,15,18,20H,4,7,9-10,12-14,16H2,1H3,(H,27,31)/t20-/m1/s1. The van der Waals surface area contributed by atoms with E-state index in [1.54, 1.807) is 6.20 Å². The predicted molar refractivity (Wildman–Crippen MR) is 125 cm³/mol. The second kappa shape index (κ2) is 9.70. The van der Waals surface area contributed by atoms with E-state index in [1.807, 2.05) is 43.3 Å². The molecule has 8 nitrogen and oxygen atoms in total. The van der Waals surface area contributed by atoms with Crippen molar-refractivity contribution in [3.05, 3.63) is 48.2 Å². The van der Waals surface area contributed by atoms with Gasteiger partial charge in [-0.2, -0.15) is 4.98 Å².